The molecule has 0 aliphatic rings. The molecule has 0 aromatic rings. The van der Waals surface area contributed by atoms with Crippen molar-refractivity contribution < 1.29 is 37.0 Å². The Bertz CT molecular complexity index is 123. The average molecular weight is 285 g/mol. The number of halogens is 1. The molecule has 0 saturated carbocycles. The molecule has 0 bridgehead atoms. The maximum absolute atomic E-state index is 8.67. The van der Waals surface area contributed by atoms with Gasteiger partial charge in [-0.05, 0) is 12.8 Å². The van der Waals surface area contributed by atoms with Crippen LogP contribution in [0.2, 0.25) is 0 Å². The van der Waals surface area contributed by atoms with Gasteiger partial charge < -0.3 is 10.2 Å². The number of unbranched alkanes of at least 4 members (excludes halogenated alkanes) is 2. The molecule has 0 radical (unpaired) electrons. The molecule has 0 aliphatic heterocycles. The van der Waals surface area contributed by atoms with Crippen LogP contribution in [0.25, 0.3) is 0 Å². The third-order valence-electron chi connectivity index (χ3n) is 1.02. The van der Waals surface area contributed by atoms with Gasteiger partial charge >= 0.3 is 26.8 Å². The molecule has 0 aromatic carbocycles. The molecule has 3 N–H and O–H groups in total. The molecule has 7 heteroatoms. The molecular weight excluding hydrogens is 262 g/mol. The minimum absolute atomic E-state index is 0. The Morgan fingerprint density at radius 3 is 1.13 bits per heavy atom. The van der Waals surface area contributed by atoms with Gasteiger partial charge in [0, 0.05) is 13.2 Å². The zero-order valence-electron chi connectivity index (χ0n) is 9.26. The summed E-state index contributed by atoms with van der Waals surface area (Å²) in [5, 5.41) is 16.1. The zero-order valence-corrected chi connectivity index (χ0v) is 11.5. The van der Waals surface area contributed by atoms with E-state index in [-0.39, 0.29) is 12.4 Å². The molecule has 0 amide bonds. The minimum atomic E-state index is -3.69. The van der Waals surface area contributed by atoms with E-state index in [1.807, 2.05) is 0 Å². The third-order valence-corrected chi connectivity index (χ3v) is 1.02. The summed E-state index contributed by atoms with van der Waals surface area (Å²) in [5.74, 6) is 0. The summed E-state index contributed by atoms with van der Waals surface area (Å²) in [6.45, 7) is 4.79. The van der Waals surface area contributed by atoms with Crippen LogP contribution in [0.3, 0.4) is 0 Å². The number of hydrogen-bond acceptors (Lipinski definition) is 4. The Balaban J connectivity index is -0.0000000590. The van der Waals surface area contributed by atoms with Gasteiger partial charge in [0.1, 0.15) is 0 Å². The van der Waals surface area contributed by atoms with E-state index in [0.29, 0.717) is 13.2 Å². The van der Waals surface area contributed by atoms with E-state index in [1.165, 1.54) is 0 Å². The van der Waals surface area contributed by atoms with Gasteiger partial charge in [-0.3, -0.25) is 0 Å². The second-order valence-corrected chi connectivity index (χ2v) is 3.13. The zero-order chi connectivity index (χ0) is 11.8. The van der Waals surface area contributed by atoms with Crippen molar-refractivity contribution in [1.29, 1.82) is 0 Å². The van der Waals surface area contributed by atoms with Gasteiger partial charge in [-0.25, -0.2) is 0 Å². The molecular formula is C8H22ClO5V. The van der Waals surface area contributed by atoms with Crippen LogP contribution in [-0.2, 0) is 22.7 Å². The molecule has 0 atom stereocenters. The van der Waals surface area contributed by atoms with E-state index in [1.54, 1.807) is 0 Å². The molecule has 0 saturated heterocycles. The molecule has 0 aromatic heterocycles. The van der Waals surface area contributed by atoms with Gasteiger partial charge in [0.25, 0.3) is 0 Å². The Labute approximate surface area is 102 Å². The summed E-state index contributed by atoms with van der Waals surface area (Å²) in [6, 6.07) is 0. The van der Waals surface area contributed by atoms with Crippen LogP contribution in [0, 0.1) is 0 Å². The maximum atomic E-state index is 8.67. The van der Waals surface area contributed by atoms with Gasteiger partial charge in [0.15, 0.2) is 0 Å². The Kier molecular flexibility index (Phi) is 47.9. The molecule has 96 valence electrons. The first kappa shape index (κ1) is 24.5. The van der Waals surface area contributed by atoms with Crippen molar-refractivity contribution in [2.45, 2.75) is 39.5 Å². The van der Waals surface area contributed by atoms with E-state index >= 15 is 0 Å². The fourth-order valence-electron chi connectivity index (χ4n) is 0.316. The van der Waals surface area contributed by atoms with Crippen molar-refractivity contribution >= 4 is 12.4 Å². The van der Waals surface area contributed by atoms with Crippen LogP contribution < -0.4 is 0 Å². The third kappa shape index (κ3) is 116. The Morgan fingerprint density at radius 2 is 1.13 bits per heavy atom. The Morgan fingerprint density at radius 1 is 0.933 bits per heavy atom. The van der Waals surface area contributed by atoms with Crippen molar-refractivity contribution in [3.8, 4) is 0 Å². The summed E-state index contributed by atoms with van der Waals surface area (Å²) in [7, 11) is 0. The monoisotopic (exact) mass is 284 g/mol. The van der Waals surface area contributed by atoms with Gasteiger partial charge in [-0.1, -0.05) is 26.7 Å². The van der Waals surface area contributed by atoms with Crippen molar-refractivity contribution in [2.75, 3.05) is 13.2 Å². The Hall–Kier alpha value is 0.354. The van der Waals surface area contributed by atoms with Crippen molar-refractivity contribution in [3.05, 3.63) is 0 Å². The van der Waals surface area contributed by atoms with Crippen LogP contribution in [0.5, 0.6) is 0 Å². The predicted molar refractivity (Wildman–Crippen MR) is 54.8 cm³/mol. The summed E-state index contributed by atoms with van der Waals surface area (Å²) in [4.78, 5) is 0. The van der Waals surface area contributed by atoms with Crippen LogP contribution in [0.1, 0.15) is 39.5 Å². The number of aliphatic hydroxyl groups excluding tert-OH is 2. The van der Waals surface area contributed by atoms with Crippen molar-refractivity contribution in [2.24, 2.45) is 0 Å². The molecule has 15 heavy (non-hydrogen) atoms. The predicted octanol–water partition coefficient (Wildman–Crippen LogP) is 1.18. The van der Waals surface area contributed by atoms with E-state index in [9.17, 15) is 0 Å². The second-order valence-electron chi connectivity index (χ2n) is 2.39. The first-order valence-electron chi connectivity index (χ1n) is 4.61. The van der Waals surface area contributed by atoms with Gasteiger partial charge in [-0.2, -0.15) is 0 Å². The van der Waals surface area contributed by atoms with E-state index in [0.717, 1.165) is 25.7 Å². The number of hydrogen-bond donors (Lipinski definition) is 3. The quantitative estimate of drug-likeness (QED) is 0.720. The molecule has 5 nitrogen and oxygen atoms in total. The summed E-state index contributed by atoms with van der Waals surface area (Å²) in [6.07, 6.45) is 4.08. The van der Waals surface area contributed by atoms with Crippen molar-refractivity contribution in [3.63, 3.8) is 0 Å². The summed E-state index contributed by atoms with van der Waals surface area (Å²) >= 11 is -3.69. The average Bonchev–Trinajstić information content (AvgIpc) is 2.07. The molecule has 0 aliphatic carbocycles. The van der Waals surface area contributed by atoms with Crippen LogP contribution in [-0.4, -0.2) is 27.5 Å². The van der Waals surface area contributed by atoms with Crippen molar-refractivity contribution in [1.82, 2.24) is 0 Å². The molecule has 0 fully saturated rings. The normalized spacial score (nSPS) is 7.27. The fourth-order valence-corrected chi connectivity index (χ4v) is 0.316. The van der Waals surface area contributed by atoms with E-state index < -0.39 is 15.4 Å². The van der Waals surface area contributed by atoms with Crippen LogP contribution >= 0.6 is 12.4 Å². The second kappa shape index (κ2) is 29.3. The van der Waals surface area contributed by atoms with E-state index in [2.05, 4.69) is 13.8 Å². The fraction of sp³-hybridized carbons (Fsp3) is 1.00. The van der Waals surface area contributed by atoms with Crippen LogP contribution in [0.4, 0.5) is 0 Å². The molecule has 0 unspecified atom stereocenters. The number of rotatable bonds is 4. The van der Waals surface area contributed by atoms with Gasteiger partial charge in [0.2, 0.25) is 0 Å². The first-order chi connectivity index (χ1) is 6.56. The topological polar surface area (TPSA) is 94.8 Å². The molecule has 0 heterocycles. The van der Waals surface area contributed by atoms with E-state index in [4.69, 9.17) is 21.6 Å². The number of aliphatic hydroxyl groups is 2. The molecule has 0 rings (SSSR count). The summed E-state index contributed by atoms with van der Waals surface area (Å²) in [5.41, 5.74) is 0. The summed E-state index contributed by atoms with van der Waals surface area (Å²) < 4.78 is 24.4. The van der Waals surface area contributed by atoms with Crippen LogP contribution in [0.15, 0.2) is 0 Å². The molecule has 0 spiro atoms. The SMILES string of the molecule is CCCCO.CCCCO.Cl.[O]=[V](=[O])[OH]. The standard InChI is InChI=1S/2C4H10O.ClH.H2O.2O.V/c2*1-2-3-4-5;;;;;/h2*5H,2-4H2,1H3;1H;1H2;;;/q;;;;;;+1/p-1. The first-order valence-corrected chi connectivity index (χ1v) is 6.38. The van der Waals surface area contributed by atoms with Gasteiger partial charge in [-0.15, -0.1) is 12.4 Å². The van der Waals surface area contributed by atoms with Gasteiger partial charge in [0.05, 0.1) is 0 Å².